The van der Waals surface area contributed by atoms with Crippen LogP contribution in [0.25, 0.3) is 0 Å². The van der Waals surface area contributed by atoms with Crippen molar-refractivity contribution in [2.45, 2.75) is 91.1 Å². The highest BCUT2D eigenvalue weighted by Crippen LogP contribution is 2.32. The maximum Gasteiger partial charge on any atom is 0.408 e. The molecular formula is C37H50N6O6. The Labute approximate surface area is 288 Å². The zero-order valence-corrected chi connectivity index (χ0v) is 29.6. The Morgan fingerprint density at radius 2 is 1.53 bits per heavy atom. The molecule has 2 aromatic carbocycles. The minimum Gasteiger partial charge on any atom is -0.444 e. The number of imidazole rings is 1. The molecule has 1 aliphatic heterocycles. The third kappa shape index (κ3) is 10.9. The summed E-state index contributed by atoms with van der Waals surface area (Å²) in [4.78, 5) is 59.8. The van der Waals surface area contributed by atoms with Crippen LogP contribution >= 0.6 is 0 Å². The molecule has 4 amide bonds. The Kier molecular flexibility index (Phi) is 11.9. The fourth-order valence-electron chi connectivity index (χ4n) is 5.34. The van der Waals surface area contributed by atoms with Gasteiger partial charge in [-0.2, -0.15) is 0 Å². The van der Waals surface area contributed by atoms with Gasteiger partial charge in [-0.25, -0.2) is 9.78 Å². The van der Waals surface area contributed by atoms with Crippen LogP contribution in [-0.4, -0.2) is 75.1 Å². The molecule has 3 aromatic rings. The van der Waals surface area contributed by atoms with Crippen molar-refractivity contribution in [1.82, 2.24) is 25.1 Å². The van der Waals surface area contributed by atoms with E-state index in [0.29, 0.717) is 13.1 Å². The number of likely N-dealkylation sites (tertiary alicyclic amines) is 1. The van der Waals surface area contributed by atoms with Crippen LogP contribution in [0.1, 0.15) is 78.5 Å². The number of carbonyl (C=O) groups is 4. The maximum atomic E-state index is 13.9. The number of nitrogens with zero attached hydrogens (tertiary/aromatic N) is 3. The minimum absolute atomic E-state index is 0.0452. The summed E-state index contributed by atoms with van der Waals surface area (Å²) in [6.07, 6.45) is 4.19. The highest BCUT2D eigenvalue weighted by atomic mass is 16.6. The van der Waals surface area contributed by atoms with E-state index in [1.807, 2.05) is 65.6 Å². The van der Waals surface area contributed by atoms with Crippen molar-refractivity contribution in [3.05, 3.63) is 84.3 Å². The van der Waals surface area contributed by atoms with Crippen LogP contribution in [0.5, 0.6) is 0 Å². The van der Waals surface area contributed by atoms with Gasteiger partial charge in [0.25, 0.3) is 5.91 Å². The summed E-state index contributed by atoms with van der Waals surface area (Å²) in [7, 11) is 0. The number of hydrogen-bond donors (Lipinski definition) is 3. The fourth-order valence-corrected chi connectivity index (χ4v) is 5.34. The molecule has 0 spiro atoms. The van der Waals surface area contributed by atoms with Crippen LogP contribution in [-0.2, 0) is 30.5 Å². The van der Waals surface area contributed by atoms with E-state index < -0.39 is 41.1 Å². The number of aromatic nitrogens is 2. The summed E-state index contributed by atoms with van der Waals surface area (Å²) in [6.45, 7) is 14.0. The van der Waals surface area contributed by atoms with Gasteiger partial charge in [0, 0.05) is 19.3 Å². The third-order valence-corrected chi connectivity index (χ3v) is 8.33. The number of hydrogen-bond acceptors (Lipinski definition) is 7. The molecule has 1 aromatic heterocycles. The molecule has 49 heavy (non-hydrogen) atoms. The quantitative estimate of drug-likeness (QED) is 0.244. The summed E-state index contributed by atoms with van der Waals surface area (Å²) in [5.74, 6) is -1.05. The molecule has 1 saturated heterocycles. The van der Waals surface area contributed by atoms with Crippen molar-refractivity contribution in [2.75, 3.05) is 25.0 Å². The molecule has 1 aliphatic rings. The molecule has 0 saturated carbocycles. The second-order valence-corrected chi connectivity index (χ2v) is 14.8. The van der Waals surface area contributed by atoms with Crippen LogP contribution in [0, 0.1) is 5.41 Å². The van der Waals surface area contributed by atoms with Gasteiger partial charge in [0.2, 0.25) is 11.8 Å². The average Bonchev–Trinajstić information content (AvgIpc) is 3.47. The van der Waals surface area contributed by atoms with Crippen LogP contribution in [0.4, 0.5) is 10.6 Å². The lowest BCUT2D eigenvalue weighted by Crippen LogP contribution is -2.59. The molecule has 4 rings (SSSR count). The van der Waals surface area contributed by atoms with E-state index in [4.69, 9.17) is 9.47 Å². The molecule has 2 heterocycles. The van der Waals surface area contributed by atoms with Crippen LogP contribution in [0.2, 0.25) is 0 Å². The predicted molar refractivity (Wildman–Crippen MR) is 187 cm³/mol. The first-order valence-corrected chi connectivity index (χ1v) is 16.6. The van der Waals surface area contributed by atoms with Gasteiger partial charge in [-0.15, -0.1) is 0 Å². The number of piperidine rings is 1. The lowest BCUT2D eigenvalue weighted by Gasteiger charge is -2.38. The zero-order valence-electron chi connectivity index (χ0n) is 29.6. The first-order chi connectivity index (χ1) is 23.0. The Hall–Kier alpha value is -4.71. The molecular weight excluding hydrogens is 624 g/mol. The van der Waals surface area contributed by atoms with E-state index >= 15 is 0 Å². The zero-order chi connectivity index (χ0) is 35.8. The van der Waals surface area contributed by atoms with Crippen LogP contribution < -0.4 is 16.0 Å². The molecule has 264 valence electrons. The van der Waals surface area contributed by atoms with Gasteiger partial charge in [0.15, 0.2) is 5.82 Å². The van der Waals surface area contributed by atoms with Crippen LogP contribution in [0.15, 0.2) is 73.2 Å². The van der Waals surface area contributed by atoms with Crippen molar-refractivity contribution < 1.29 is 28.7 Å². The molecule has 0 radical (unpaired) electrons. The number of amides is 4. The Morgan fingerprint density at radius 3 is 2.14 bits per heavy atom. The number of benzene rings is 2. The van der Waals surface area contributed by atoms with Crippen molar-refractivity contribution >= 4 is 29.6 Å². The predicted octanol–water partition coefficient (Wildman–Crippen LogP) is 5.06. The Bertz CT molecular complexity index is 1570. The van der Waals surface area contributed by atoms with E-state index in [1.54, 1.807) is 31.5 Å². The molecule has 1 fully saturated rings. The molecule has 2 atom stereocenters. The highest BCUT2D eigenvalue weighted by molar-refractivity contribution is 5.98. The Balaban J connectivity index is 1.51. The number of carbonyl (C=O) groups excluding carboxylic acids is 4. The lowest BCUT2D eigenvalue weighted by atomic mass is 9.82. The average molecular weight is 675 g/mol. The summed E-state index contributed by atoms with van der Waals surface area (Å²) in [5, 5.41) is 8.05. The lowest BCUT2D eigenvalue weighted by molar-refractivity contribution is -0.135. The molecule has 12 nitrogen and oxygen atoms in total. The van der Waals surface area contributed by atoms with Crippen LogP contribution in [0.3, 0.4) is 0 Å². The summed E-state index contributed by atoms with van der Waals surface area (Å²) >= 11 is 0. The monoisotopic (exact) mass is 674 g/mol. The standard InChI is InChI=1S/C37H50N6O6/c1-35(2,3)49-34(47)41-37(6,7)33(46)39-28(24-48-23-26-14-10-8-11-15-26)31(44)40-29-22-43(25-38-29)30(27-16-12-9-13-17-27)32(45)42-20-18-36(4,5)19-21-42/h8-17,22,25,28,30H,18-21,23-24H2,1-7H3,(H,39,46)(H,40,44)(H,41,47). The van der Waals surface area contributed by atoms with E-state index in [-0.39, 0.29) is 30.4 Å². The van der Waals surface area contributed by atoms with Crippen molar-refractivity contribution in [2.24, 2.45) is 5.41 Å². The number of anilines is 1. The maximum absolute atomic E-state index is 13.9. The first kappa shape index (κ1) is 37.1. The normalized spacial score (nSPS) is 15.9. The van der Waals surface area contributed by atoms with E-state index in [2.05, 4.69) is 34.8 Å². The molecule has 0 aliphatic carbocycles. The summed E-state index contributed by atoms with van der Waals surface area (Å²) in [6, 6.07) is 17.1. The second kappa shape index (κ2) is 15.7. The number of alkyl carbamates (subject to hydrolysis) is 1. The Morgan fingerprint density at radius 1 is 0.918 bits per heavy atom. The van der Waals surface area contributed by atoms with Gasteiger partial charge in [-0.05, 0) is 64.0 Å². The largest absolute Gasteiger partial charge is 0.444 e. The highest BCUT2D eigenvalue weighted by Gasteiger charge is 2.36. The van der Waals surface area contributed by atoms with Gasteiger partial charge in [0.05, 0.1) is 19.5 Å². The SMILES string of the molecule is CC1(C)CCN(C(=O)C(c2ccccc2)n2cnc(NC(=O)C(COCc3ccccc3)NC(=O)C(C)(C)NC(=O)OC(C)(C)C)c2)CC1. The van der Waals surface area contributed by atoms with Crippen molar-refractivity contribution in [3.63, 3.8) is 0 Å². The van der Waals surface area contributed by atoms with Gasteiger partial charge < -0.3 is 34.9 Å². The minimum atomic E-state index is -1.42. The van der Waals surface area contributed by atoms with Gasteiger partial charge in [-0.3, -0.25) is 14.4 Å². The van der Waals surface area contributed by atoms with E-state index in [9.17, 15) is 19.2 Å². The second-order valence-electron chi connectivity index (χ2n) is 14.8. The van der Waals surface area contributed by atoms with Crippen molar-refractivity contribution in [3.8, 4) is 0 Å². The van der Waals surface area contributed by atoms with E-state index in [0.717, 1.165) is 24.0 Å². The number of nitrogens with one attached hydrogen (secondary N) is 3. The van der Waals surface area contributed by atoms with Crippen molar-refractivity contribution in [1.29, 1.82) is 0 Å². The first-order valence-electron chi connectivity index (χ1n) is 16.6. The molecule has 12 heteroatoms. The molecule has 3 N–H and O–H groups in total. The number of ether oxygens (including phenoxy) is 2. The van der Waals surface area contributed by atoms with Gasteiger partial charge in [-0.1, -0.05) is 74.5 Å². The van der Waals surface area contributed by atoms with Gasteiger partial charge in [0.1, 0.15) is 23.2 Å². The third-order valence-electron chi connectivity index (χ3n) is 8.33. The summed E-state index contributed by atoms with van der Waals surface area (Å²) in [5.41, 5.74) is -0.306. The fraction of sp³-hybridized carbons (Fsp3) is 0.486. The molecule has 0 bridgehead atoms. The topological polar surface area (TPSA) is 144 Å². The van der Waals surface area contributed by atoms with Gasteiger partial charge >= 0.3 is 6.09 Å². The number of rotatable bonds is 12. The van der Waals surface area contributed by atoms with E-state index in [1.165, 1.54) is 20.2 Å². The summed E-state index contributed by atoms with van der Waals surface area (Å²) < 4.78 is 12.9. The molecule has 2 unspecified atom stereocenters. The smallest absolute Gasteiger partial charge is 0.408 e.